The van der Waals surface area contributed by atoms with Gasteiger partial charge in [0.05, 0.1) is 0 Å². The molecule has 1 unspecified atom stereocenters. The van der Waals surface area contributed by atoms with Gasteiger partial charge in [0.25, 0.3) is 0 Å². The molecular formula is C77H130O6. The SMILES string of the molecule is CC/C=C\C/C=C\C/C=C\C/C=C\C/C=C\C/C=C\CCCCCCCCCCCCC(=O)OCC(COC(=O)CCCC/C=C\C/C=C\C/C=C\C/C=C\CC)OC(=O)CCCCCCCCCCCCCCCCCCCCCCC. The van der Waals surface area contributed by atoms with Crippen LogP contribution in [0.4, 0.5) is 0 Å². The lowest BCUT2D eigenvalue weighted by atomic mass is 10.0. The molecule has 0 radical (unpaired) electrons. The quantitative estimate of drug-likeness (QED) is 0.0261. The molecule has 0 aromatic rings. The highest BCUT2D eigenvalue weighted by atomic mass is 16.6. The fraction of sp³-hybridized carbons (Fsp3) is 0.701. The molecule has 0 aliphatic carbocycles. The van der Waals surface area contributed by atoms with E-state index in [9.17, 15) is 14.4 Å². The van der Waals surface area contributed by atoms with E-state index in [1.54, 1.807) is 0 Å². The van der Waals surface area contributed by atoms with Crippen LogP contribution in [0, 0.1) is 0 Å². The summed E-state index contributed by atoms with van der Waals surface area (Å²) in [5.74, 6) is -0.927. The highest BCUT2D eigenvalue weighted by molar-refractivity contribution is 5.71. The number of unbranched alkanes of at least 4 members (excludes halogenated alkanes) is 32. The van der Waals surface area contributed by atoms with E-state index in [0.29, 0.717) is 19.3 Å². The number of hydrogen-bond donors (Lipinski definition) is 0. The summed E-state index contributed by atoms with van der Waals surface area (Å²) >= 11 is 0. The molecular weight excluding hydrogens is 1020 g/mol. The molecule has 0 saturated heterocycles. The molecule has 0 saturated carbocycles. The van der Waals surface area contributed by atoms with Gasteiger partial charge in [-0.2, -0.15) is 0 Å². The van der Waals surface area contributed by atoms with Crippen molar-refractivity contribution in [1.82, 2.24) is 0 Å². The van der Waals surface area contributed by atoms with Gasteiger partial charge >= 0.3 is 17.9 Å². The minimum absolute atomic E-state index is 0.0929. The molecule has 0 aliphatic heterocycles. The van der Waals surface area contributed by atoms with E-state index in [4.69, 9.17) is 14.2 Å². The smallest absolute Gasteiger partial charge is 0.306 e. The first-order chi connectivity index (χ1) is 41.0. The number of esters is 3. The summed E-state index contributed by atoms with van der Waals surface area (Å²) in [5, 5.41) is 0. The Morgan fingerprint density at radius 1 is 0.253 bits per heavy atom. The molecule has 0 aromatic heterocycles. The second-order valence-electron chi connectivity index (χ2n) is 23.0. The number of hydrogen-bond acceptors (Lipinski definition) is 6. The summed E-state index contributed by atoms with van der Waals surface area (Å²) < 4.78 is 16.9. The largest absolute Gasteiger partial charge is 0.462 e. The maximum absolute atomic E-state index is 13.0. The summed E-state index contributed by atoms with van der Waals surface area (Å²) in [4.78, 5) is 38.4. The van der Waals surface area contributed by atoms with Crippen LogP contribution in [0.3, 0.4) is 0 Å². The number of allylic oxidation sites excluding steroid dienone is 20. The molecule has 83 heavy (non-hydrogen) atoms. The molecule has 1 atom stereocenters. The zero-order valence-corrected chi connectivity index (χ0v) is 54.4. The van der Waals surface area contributed by atoms with Crippen LogP contribution in [0.25, 0.3) is 0 Å². The average molecular weight is 1150 g/mol. The molecule has 474 valence electrons. The Labute approximate surface area is 513 Å². The van der Waals surface area contributed by atoms with Gasteiger partial charge in [-0.3, -0.25) is 14.4 Å². The van der Waals surface area contributed by atoms with E-state index in [2.05, 4.69) is 142 Å². The molecule has 0 rings (SSSR count). The van der Waals surface area contributed by atoms with E-state index in [1.807, 2.05) is 0 Å². The maximum Gasteiger partial charge on any atom is 0.306 e. The van der Waals surface area contributed by atoms with Gasteiger partial charge in [0.1, 0.15) is 13.2 Å². The molecule has 0 bridgehead atoms. The van der Waals surface area contributed by atoms with Crippen molar-refractivity contribution >= 4 is 17.9 Å². The van der Waals surface area contributed by atoms with Crippen molar-refractivity contribution in [2.75, 3.05) is 13.2 Å². The van der Waals surface area contributed by atoms with Gasteiger partial charge in [-0.15, -0.1) is 0 Å². The van der Waals surface area contributed by atoms with Crippen LogP contribution in [0.5, 0.6) is 0 Å². The molecule has 0 fully saturated rings. The van der Waals surface area contributed by atoms with Crippen LogP contribution >= 0.6 is 0 Å². The van der Waals surface area contributed by atoms with Crippen molar-refractivity contribution < 1.29 is 28.6 Å². The van der Waals surface area contributed by atoms with Gasteiger partial charge in [-0.1, -0.05) is 322 Å². The Bertz CT molecular complexity index is 1700. The summed E-state index contributed by atoms with van der Waals surface area (Å²) in [6.45, 7) is 6.41. The fourth-order valence-corrected chi connectivity index (χ4v) is 9.79. The maximum atomic E-state index is 13.0. The minimum Gasteiger partial charge on any atom is -0.462 e. The van der Waals surface area contributed by atoms with E-state index in [1.165, 1.54) is 167 Å². The van der Waals surface area contributed by atoms with E-state index < -0.39 is 6.10 Å². The lowest BCUT2D eigenvalue weighted by Gasteiger charge is -2.18. The summed E-state index contributed by atoms with van der Waals surface area (Å²) in [6.07, 6.45) is 98.0. The van der Waals surface area contributed by atoms with Crippen molar-refractivity contribution in [2.45, 2.75) is 335 Å². The second-order valence-corrected chi connectivity index (χ2v) is 23.0. The third-order valence-corrected chi connectivity index (χ3v) is 15.0. The van der Waals surface area contributed by atoms with Crippen molar-refractivity contribution in [3.8, 4) is 0 Å². The topological polar surface area (TPSA) is 78.9 Å². The van der Waals surface area contributed by atoms with Gasteiger partial charge in [0.15, 0.2) is 6.10 Å². The average Bonchev–Trinajstić information content (AvgIpc) is 3.49. The second kappa shape index (κ2) is 70.3. The lowest BCUT2D eigenvalue weighted by Crippen LogP contribution is -2.30. The molecule has 6 nitrogen and oxygen atoms in total. The first-order valence-electron chi connectivity index (χ1n) is 35.0. The normalized spacial score (nSPS) is 12.9. The van der Waals surface area contributed by atoms with E-state index in [-0.39, 0.29) is 31.1 Å². The van der Waals surface area contributed by atoms with Gasteiger partial charge in [-0.05, 0) is 109 Å². The number of carbonyl (C=O) groups is 3. The molecule has 6 heteroatoms. The molecule has 0 spiro atoms. The van der Waals surface area contributed by atoms with E-state index >= 15 is 0 Å². The third kappa shape index (κ3) is 68.5. The van der Waals surface area contributed by atoms with Crippen LogP contribution in [-0.2, 0) is 28.6 Å². The third-order valence-electron chi connectivity index (χ3n) is 15.0. The Morgan fingerprint density at radius 3 is 0.759 bits per heavy atom. The first-order valence-corrected chi connectivity index (χ1v) is 35.0. The van der Waals surface area contributed by atoms with Gasteiger partial charge < -0.3 is 14.2 Å². The highest BCUT2D eigenvalue weighted by Crippen LogP contribution is 2.17. The predicted molar refractivity (Wildman–Crippen MR) is 362 cm³/mol. The fourth-order valence-electron chi connectivity index (χ4n) is 9.79. The van der Waals surface area contributed by atoms with Crippen LogP contribution in [0.1, 0.15) is 329 Å². The van der Waals surface area contributed by atoms with Crippen LogP contribution in [-0.4, -0.2) is 37.2 Å². The molecule has 0 heterocycles. The Balaban J connectivity index is 4.34. The van der Waals surface area contributed by atoms with Crippen molar-refractivity contribution in [3.63, 3.8) is 0 Å². The molecule has 0 aliphatic rings. The summed E-state index contributed by atoms with van der Waals surface area (Å²) in [5.41, 5.74) is 0. The van der Waals surface area contributed by atoms with Gasteiger partial charge in [0.2, 0.25) is 0 Å². The number of carbonyl (C=O) groups excluding carboxylic acids is 3. The van der Waals surface area contributed by atoms with E-state index in [0.717, 1.165) is 122 Å². The Morgan fingerprint density at radius 2 is 0.470 bits per heavy atom. The van der Waals surface area contributed by atoms with Crippen molar-refractivity contribution in [3.05, 3.63) is 122 Å². The molecule has 0 aromatic carbocycles. The number of ether oxygens (including phenoxy) is 3. The Hall–Kier alpha value is -4.19. The van der Waals surface area contributed by atoms with Crippen LogP contribution < -0.4 is 0 Å². The highest BCUT2D eigenvalue weighted by Gasteiger charge is 2.19. The predicted octanol–water partition coefficient (Wildman–Crippen LogP) is 24.3. The van der Waals surface area contributed by atoms with Crippen molar-refractivity contribution in [1.29, 1.82) is 0 Å². The Kier molecular flexibility index (Phi) is 66.7. The van der Waals surface area contributed by atoms with Gasteiger partial charge in [-0.25, -0.2) is 0 Å². The summed E-state index contributed by atoms with van der Waals surface area (Å²) in [6, 6.07) is 0. The van der Waals surface area contributed by atoms with Crippen LogP contribution in [0.15, 0.2) is 122 Å². The zero-order chi connectivity index (χ0) is 59.9. The van der Waals surface area contributed by atoms with Gasteiger partial charge in [0, 0.05) is 19.3 Å². The zero-order valence-electron chi connectivity index (χ0n) is 54.4. The lowest BCUT2D eigenvalue weighted by molar-refractivity contribution is -0.167. The number of rotatable bonds is 63. The van der Waals surface area contributed by atoms with Crippen molar-refractivity contribution in [2.24, 2.45) is 0 Å². The molecule has 0 amide bonds. The minimum atomic E-state index is -0.800. The monoisotopic (exact) mass is 1150 g/mol. The van der Waals surface area contributed by atoms with Crippen LogP contribution in [0.2, 0.25) is 0 Å². The standard InChI is InChI=1S/C77H130O6/c1-4-7-10-13-16-19-22-25-28-30-32-34-35-36-37-38-39-40-41-43-44-46-49-52-55-58-61-64-67-70-76(79)82-73-74(72-81-75(78)69-66-63-60-57-54-51-48-27-24-21-18-15-12-9-6-3)83-77(80)71-68-65-62-59-56-53-50-47-45-42-33-31-29-26-23-20-17-14-11-8-5-2/h7,9-10,12,16,18-19,21,25,27-28,32,34,36-37,39-40,48,54,57,74H,4-6,8,11,13-15,17,20,22-24,26,29-31,33,35,38,41-47,49-53,55-56,58-73H2,1-3H3/b10-7-,12-9-,19-16-,21-18-,28-25-,34-32-,37-36-,40-39-,48-27-,57-54-. The molecule has 0 N–H and O–H groups in total. The first kappa shape index (κ1) is 78.8. The summed E-state index contributed by atoms with van der Waals surface area (Å²) in [7, 11) is 0.